The van der Waals surface area contributed by atoms with E-state index in [9.17, 15) is 9.59 Å². The normalized spacial score (nSPS) is 21.1. The third-order valence-electron chi connectivity index (χ3n) is 5.01. The number of benzene rings is 2. The minimum Gasteiger partial charge on any atom is -0.466 e. The van der Waals surface area contributed by atoms with E-state index < -0.39 is 12.0 Å². The number of carbonyl (C=O) groups excluding carboxylic acids is 2. The van der Waals surface area contributed by atoms with Crippen molar-refractivity contribution < 1.29 is 14.3 Å². The van der Waals surface area contributed by atoms with Gasteiger partial charge in [0, 0.05) is 4.47 Å². The van der Waals surface area contributed by atoms with Gasteiger partial charge in [-0.1, -0.05) is 70.2 Å². The molecule has 29 heavy (non-hydrogen) atoms. The number of halogens is 1. The third-order valence-corrected chi connectivity index (χ3v) is 6.69. The predicted molar refractivity (Wildman–Crippen MR) is 117 cm³/mol. The maximum Gasteiger partial charge on any atom is 0.338 e. The van der Waals surface area contributed by atoms with Crippen molar-refractivity contribution in [1.82, 2.24) is 4.90 Å². The van der Waals surface area contributed by atoms with Gasteiger partial charge < -0.3 is 4.74 Å². The number of hydrogen-bond donors (Lipinski definition) is 0. The van der Waals surface area contributed by atoms with Gasteiger partial charge in [-0.05, 0) is 36.6 Å². The zero-order chi connectivity index (χ0) is 20.5. The van der Waals surface area contributed by atoms with Gasteiger partial charge in [0.2, 0.25) is 5.91 Å². The van der Waals surface area contributed by atoms with Crippen molar-refractivity contribution in [2.24, 2.45) is 4.99 Å². The number of hydrogen-bond acceptors (Lipinski definition) is 5. The molecule has 4 rings (SSSR count). The largest absolute Gasteiger partial charge is 0.466 e. The zero-order valence-electron chi connectivity index (χ0n) is 16.0. The van der Waals surface area contributed by atoms with E-state index in [0.717, 1.165) is 15.6 Å². The smallest absolute Gasteiger partial charge is 0.338 e. The number of thioether (sulfide) groups is 1. The molecule has 0 spiro atoms. The van der Waals surface area contributed by atoms with Gasteiger partial charge in [-0.2, -0.15) is 0 Å². The Labute approximate surface area is 182 Å². The number of allylic oxidation sites excluding steroid dienone is 1. The van der Waals surface area contributed by atoms with Crippen molar-refractivity contribution in [1.29, 1.82) is 0 Å². The first-order valence-corrected chi connectivity index (χ1v) is 10.8. The number of methoxy groups -OCH3 is 1. The molecule has 0 radical (unpaired) electrons. The highest BCUT2D eigenvalue weighted by Crippen LogP contribution is 2.44. The molecule has 1 fully saturated rings. The lowest BCUT2D eigenvalue weighted by molar-refractivity contribution is -0.137. The van der Waals surface area contributed by atoms with Crippen LogP contribution in [-0.2, 0) is 20.7 Å². The van der Waals surface area contributed by atoms with Gasteiger partial charge in [-0.3, -0.25) is 9.69 Å². The van der Waals surface area contributed by atoms with Crippen LogP contribution in [0.1, 0.15) is 24.1 Å². The Hall–Kier alpha value is -2.38. The highest BCUT2D eigenvalue weighted by atomic mass is 79.9. The van der Waals surface area contributed by atoms with E-state index in [1.54, 1.807) is 11.8 Å². The summed E-state index contributed by atoms with van der Waals surface area (Å²) in [5.41, 5.74) is 2.92. The van der Waals surface area contributed by atoms with Crippen LogP contribution < -0.4 is 0 Å². The van der Waals surface area contributed by atoms with Crippen LogP contribution in [0.4, 0.5) is 0 Å². The number of nitrogens with zero attached hydrogens (tertiary/aromatic N) is 2. The summed E-state index contributed by atoms with van der Waals surface area (Å²) in [6.07, 6.45) is 0.598. The van der Waals surface area contributed by atoms with Crippen LogP contribution in [-0.4, -0.2) is 34.3 Å². The number of rotatable bonds is 4. The molecule has 1 amide bonds. The molecule has 1 saturated heterocycles. The van der Waals surface area contributed by atoms with Gasteiger partial charge in [0.25, 0.3) is 0 Å². The van der Waals surface area contributed by atoms with Gasteiger partial charge in [0.05, 0.1) is 29.7 Å². The maximum absolute atomic E-state index is 13.4. The number of carbonyl (C=O) groups is 2. The Balaban J connectivity index is 1.71. The molecule has 0 aromatic heterocycles. The number of aliphatic imine (C=N–C) groups is 1. The van der Waals surface area contributed by atoms with Crippen molar-refractivity contribution in [3.8, 4) is 0 Å². The summed E-state index contributed by atoms with van der Waals surface area (Å²) in [5.74, 6) is -0.507. The van der Waals surface area contributed by atoms with Crippen molar-refractivity contribution >= 4 is 44.7 Å². The van der Waals surface area contributed by atoms with Crippen molar-refractivity contribution in [2.45, 2.75) is 24.6 Å². The molecule has 2 heterocycles. The Kier molecular flexibility index (Phi) is 5.61. The van der Waals surface area contributed by atoms with E-state index in [4.69, 9.17) is 4.74 Å². The molecular weight excluding hydrogens is 452 g/mol. The standard InChI is InChI=1S/C22H19BrN2O3S/c1-13-18(21(27)28-2)19(15-6-4-3-5-7-15)25-20(26)17(29-22(25)24-13)12-14-8-10-16(23)11-9-14/h3-11,17,19H,12H2,1-2H3/t17-,19-/m1/s1. The number of amides is 1. The monoisotopic (exact) mass is 470 g/mol. The molecule has 2 aliphatic rings. The van der Waals surface area contributed by atoms with Crippen LogP contribution in [0.25, 0.3) is 0 Å². The minimum atomic E-state index is -0.536. The lowest BCUT2D eigenvalue weighted by Gasteiger charge is -2.32. The first-order valence-electron chi connectivity index (χ1n) is 9.16. The summed E-state index contributed by atoms with van der Waals surface area (Å²) in [6.45, 7) is 1.79. The highest BCUT2D eigenvalue weighted by molar-refractivity contribution is 9.10. The van der Waals surface area contributed by atoms with Crippen LogP contribution in [0, 0.1) is 0 Å². The van der Waals surface area contributed by atoms with Crippen LogP contribution in [0.15, 0.2) is 75.3 Å². The first-order chi connectivity index (χ1) is 14.0. The number of amidine groups is 1. The van der Waals surface area contributed by atoms with Crippen molar-refractivity contribution in [2.75, 3.05) is 7.11 Å². The minimum absolute atomic E-state index is 0.0422. The third kappa shape index (κ3) is 3.76. The van der Waals surface area contributed by atoms with Crippen LogP contribution in [0.5, 0.6) is 0 Å². The maximum atomic E-state index is 13.4. The van der Waals surface area contributed by atoms with Gasteiger partial charge in [0.1, 0.15) is 0 Å². The van der Waals surface area contributed by atoms with Gasteiger partial charge in [0.15, 0.2) is 5.17 Å². The second-order valence-electron chi connectivity index (χ2n) is 6.84. The van der Waals surface area contributed by atoms with Gasteiger partial charge in [-0.25, -0.2) is 9.79 Å². The summed E-state index contributed by atoms with van der Waals surface area (Å²) < 4.78 is 6.01. The van der Waals surface area contributed by atoms with E-state index in [1.165, 1.54) is 18.9 Å². The number of esters is 1. The zero-order valence-corrected chi connectivity index (χ0v) is 18.4. The second kappa shape index (κ2) is 8.16. The van der Waals surface area contributed by atoms with E-state index in [2.05, 4.69) is 20.9 Å². The Morgan fingerprint density at radius 1 is 1.17 bits per heavy atom. The molecular formula is C22H19BrN2O3S. The molecule has 2 atom stereocenters. The second-order valence-corrected chi connectivity index (χ2v) is 8.93. The fourth-order valence-electron chi connectivity index (χ4n) is 3.62. The molecule has 2 aromatic carbocycles. The molecule has 0 saturated carbocycles. The number of ether oxygens (including phenoxy) is 1. The van der Waals surface area contributed by atoms with Gasteiger partial charge >= 0.3 is 5.97 Å². The molecule has 0 N–H and O–H groups in total. The Morgan fingerprint density at radius 2 is 1.86 bits per heavy atom. The summed E-state index contributed by atoms with van der Waals surface area (Å²) >= 11 is 4.89. The van der Waals surface area contributed by atoms with E-state index in [0.29, 0.717) is 22.9 Å². The average Bonchev–Trinajstić information content (AvgIpc) is 3.03. The van der Waals surface area contributed by atoms with Crippen molar-refractivity contribution in [3.63, 3.8) is 0 Å². The van der Waals surface area contributed by atoms with E-state index in [1.807, 2.05) is 54.6 Å². The summed E-state index contributed by atoms with van der Waals surface area (Å²) in [4.78, 5) is 32.2. The Morgan fingerprint density at radius 3 is 2.52 bits per heavy atom. The average molecular weight is 471 g/mol. The molecule has 5 nitrogen and oxygen atoms in total. The SMILES string of the molecule is COC(=O)C1=C(C)N=C2S[C@H](Cc3ccc(Br)cc3)C(=O)N2[C@@H]1c1ccccc1. The fraction of sp³-hybridized carbons (Fsp3) is 0.227. The molecule has 2 aliphatic heterocycles. The molecule has 0 unspecified atom stereocenters. The molecule has 2 aromatic rings. The first kappa shape index (κ1) is 19.9. The fourth-order valence-corrected chi connectivity index (χ4v) is 5.12. The van der Waals surface area contributed by atoms with E-state index >= 15 is 0 Å². The Bertz CT molecular complexity index is 1020. The van der Waals surface area contributed by atoms with Gasteiger partial charge in [-0.15, -0.1) is 0 Å². The summed E-state index contributed by atoms with van der Waals surface area (Å²) in [5, 5.41) is 0.349. The van der Waals surface area contributed by atoms with E-state index in [-0.39, 0.29) is 11.2 Å². The quantitative estimate of drug-likeness (QED) is 0.617. The summed E-state index contributed by atoms with van der Waals surface area (Å²) in [7, 11) is 1.35. The lowest BCUT2D eigenvalue weighted by atomic mass is 9.94. The molecule has 0 bridgehead atoms. The molecule has 148 valence electrons. The lowest BCUT2D eigenvalue weighted by Crippen LogP contribution is -2.41. The van der Waals surface area contributed by atoms with Crippen molar-refractivity contribution in [3.05, 3.63) is 81.5 Å². The molecule has 7 heteroatoms. The van der Waals surface area contributed by atoms with Crippen LogP contribution in [0.2, 0.25) is 0 Å². The highest BCUT2D eigenvalue weighted by Gasteiger charge is 2.47. The van der Waals surface area contributed by atoms with Crippen LogP contribution in [0.3, 0.4) is 0 Å². The number of fused-ring (bicyclic) bond motifs is 1. The summed E-state index contributed by atoms with van der Waals surface area (Å²) in [6, 6.07) is 17.0. The molecule has 0 aliphatic carbocycles. The topological polar surface area (TPSA) is 59.0 Å². The van der Waals surface area contributed by atoms with Crippen LogP contribution >= 0.6 is 27.7 Å². The predicted octanol–water partition coefficient (Wildman–Crippen LogP) is 4.49.